The number of halogens is 2. The highest BCUT2D eigenvalue weighted by molar-refractivity contribution is 9.09. The molecule has 0 saturated carbocycles. The van der Waals surface area contributed by atoms with Crippen LogP contribution < -0.4 is 11.1 Å². The van der Waals surface area contributed by atoms with Crippen molar-refractivity contribution in [3.8, 4) is 0 Å². The van der Waals surface area contributed by atoms with Gasteiger partial charge in [-0.05, 0) is 19.1 Å². The van der Waals surface area contributed by atoms with Crippen LogP contribution in [0.3, 0.4) is 0 Å². The molecule has 4 nitrogen and oxygen atoms in total. The molecule has 0 atom stereocenters. The second-order valence-electron chi connectivity index (χ2n) is 3.18. The summed E-state index contributed by atoms with van der Waals surface area (Å²) in [5.41, 5.74) is 5.57. The van der Waals surface area contributed by atoms with Crippen molar-refractivity contribution in [3.63, 3.8) is 0 Å². The first-order chi connectivity index (χ1) is 7.45. The molecule has 0 aliphatic carbocycles. The van der Waals surface area contributed by atoms with E-state index in [9.17, 15) is 14.0 Å². The molecule has 0 aliphatic rings. The molecule has 0 bridgehead atoms. The maximum absolute atomic E-state index is 13.4. The quantitative estimate of drug-likeness (QED) is 0.829. The molecule has 2 amide bonds. The summed E-state index contributed by atoms with van der Waals surface area (Å²) >= 11 is 2.97. The zero-order valence-corrected chi connectivity index (χ0v) is 10.1. The van der Waals surface area contributed by atoms with Gasteiger partial charge < -0.3 is 11.1 Å². The molecule has 6 heteroatoms. The van der Waals surface area contributed by atoms with Crippen LogP contribution in [0.5, 0.6) is 0 Å². The number of nitrogens with two attached hydrogens (primary N) is 1. The van der Waals surface area contributed by atoms with Crippen LogP contribution in [0.4, 0.5) is 10.1 Å². The van der Waals surface area contributed by atoms with Crippen molar-refractivity contribution in [2.75, 3.05) is 10.6 Å². The van der Waals surface area contributed by atoms with Gasteiger partial charge in [-0.3, -0.25) is 9.59 Å². The summed E-state index contributed by atoms with van der Waals surface area (Å²) in [6.45, 7) is 1.50. The molecule has 1 aromatic carbocycles. The number of anilines is 1. The Morgan fingerprint density at radius 3 is 2.62 bits per heavy atom. The highest BCUT2D eigenvalue weighted by Crippen LogP contribution is 2.20. The third kappa shape index (κ3) is 2.79. The summed E-state index contributed by atoms with van der Waals surface area (Å²) in [5.74, 6) is -1.65. The lowest BCUT2D eigenvalue weighted by atomic mass is 10.1. The standard InChI is InChI=1S/C10H10BrFN2O2/c1-5-7(12)2-6(10(13)16)3-8(5)14-9(15)4-11/h2-3H,4H2,1H3,(H2,13,16)(H,14,15). The Bertz CT molecular complexity index is 449. The summed E-state index contributed by atoms with van der Waals surface area (Å²) in [6.07, 6.45) is 0. The fraction of sp³-hybridized carbons (Fsp3) is 0.200. The van der Waals surface area contributed by atoms with Gasteiger partial charge >= 0.3 is 0 Å². The average molecular weight is 289 g/mol. The van der Waals surface area contributed by atoms with Crippen LogP contribution in [0.25, 0.3) is 0 Å². The molecule has 0 fully saturated rings. The van der Waals surface area contributed by atoms with E-state index in [0.717, 1.165) is 6.07 Å². The third-order valence-electron chi connectivity index (χ3n) is 2.02. The van der Waals surface area contributed by atoms with Crippen molar-refractivity contribution in [1.29, 1.82) is 0 Å². The van der Waals surface area contributed by atoms with Gasteiger partial charge in [0.05, 0.1) is 5.33 Å². The Hall–Kier alpha value is -1.43. The largest absolute Gasteiger partial charge is 0.366 e. The number of carbonyl (C=O) groups excluding carboxylic acids is 2. The number of rotatable bonds is 3. The lowest BCUT2D eigenvalue weighted by Gasteiger charge is -2.09. The maximum atomic E-state index is 13.4. The van der Waals surface area contributed by atoms with Crippen molar-refractivity contribution >= 4 is 33.4 Å². The van der Waals surface area contributed by atoms with Crippen molar-refractivity contribution in [3.05, 3.63) is 29.1 Å². The summed E-state index contributed by atoms with van der Waals surface area (Å²) in [4.78, 5) is 22.0. The summed E-state index contributed by atoms with van der Waals surface area (Å²) in [6, 6.07) is 2.39. The summed E-state index contributed by atoms with van der Waals surface area (Å²) in [7, 11) is 0. The number of nitrogens with one attached hydrogen (secondary N) is 1. The second kappa shape index (κ2) is 5.07. The van der Waals surface area contributed by atoms with Crippen LogP contribution in [0.15, 0.2) is 12.1 Å². The first-order valence-electron chi connectivity index (χ1n) is 4.41. The molecule has 0 aromatic heterocycles. The Morgan fingerprint density at radius 1 is 1.50 bits per heavy atom. The monoisotopic (exact) mass is 288 g/mol. The zero-order chi connectivity index (χ0) is 12.3. The van der Waals surface area contributed by atoms with Crippen molar-refractivity contribution in [1.82, 2.24) is 0 Å². The molecule has 1 aromatic rings. The SMILES string of the molecule is Cc1c(F)cc(C(N)=O)cc1NC(=O)CBr. The molecule has 1 rings (SSSR count). The third-order valence-corrected chi connectivity index (χ3v) is 2.53. The van der Waals surface area contributed by atoms with Gasteiger partial charge in [0.1, 0.15) is 5.82 Å². The molecule has 0 saturated heterocycles. The van der Waals surface area contributed by atoms with Gasteiger partial charge in [-0.2, -0.15) is 0 Å². The van der Waals surface area contributed by atoms with Crippen LogP contribution in [-0.2, 0) is 4.79 Å². The number of amides is 2. The first kappa shape index (κ1) is 12.6. The van der Waals surface area contributed by atoms with Crippen LogP contribution >= 0.6 is 15.9 Å². The van der Waals surface area contributed by atoms with Crippen LogP contribution in [0, 0.1) is 12.7 Å². The molecule has 3 N–H and O–H groups in total. The van der Waals surface area contributed by atoms with E-state index in [1.807, 2.05) is 0 Å². The van der Waals surface area contributed by atoms with Crippen LogP contribution in [0.2, 0.25) is 0 Å². The highest BCUT2D eigenvalue weighted by Gasteiger charge is 2.11. The Kier molecular flexibility index (Phi) is 4.00. The van der Waals surface area contributed by atoms with Gasteiger partial charge in [0.25, 0.3) is 0 Å². The fourth-order valence-electron chi connectivity index (χ4n) is 1.13. The first-order valence-corrected chi connectivity index (χ1v) is 5.53. The minimum atomic E-state index is -0.742. The number of primary amides is 1. The molecular formula is C10H10BrFN2O2. The average Bonchev–Trinajstić information content (AvgIpc) is 2.23. The Morgan fingerprint density at radius 2 is 2.12 bits per heavy atom. The van der Waals surface area contributed by atoms with Gasteiger partial charge in [0.15, 0.2) is 0 Å². The lowest BCUT2D eigenvalue weighted by Crippen LogP contribution is -2.16. The second-order valence-corrected chi connectivity index (χ2v) is 3.74. The van der Waals surface area contributed by atoms with Gasteiger partial charge in [-0.25, -0.2) is 4.39 Å². The molecule has 86 valence electrons. The van der Waals surface area contributed by atoms with E-state index in [0.29, 0.717) is 0 Å². The van der Waals surface area contributed by atoms with Gasteiger partial charge in [0.2, 0.25) is 11.8 Å². The molecular weight excluding hydrogens is 279 g/mol. The summed E-state index contributed by atoms with van der Waals surface area (Å²) < 4.78 is 13.4. The number of carbonyl (C=O) groups is 2. The van der Waals surface area contributed by atoms with Gasteiger partial charge in [-0.1, -0.05) is 15.9 Å². The van der Waals surface area contributed by atoms with Crippen LogP contribution in [0.1, 0.15) is 15.9 Å². The van der Waals surface area contributed by atoms with E-state index < -0.39 is 11.7 Å². The predicted octanol–water partition coefficient (Wildman–Crippen LogP) is 1.57. The van der Waals surface area contributed by atoms with Crippen molar-refractivity contribution in [2.24, 2.45) is 5.73 Å². The number of alkyl halides is 1. The van der Waals surface area contributed by atoms with E-state index in [4.69, 9.17) is 5.73 Å². The predicted molar refractivity (Wildman–Crippen MR) is 62.1 cm³/mol. The van der Waals surface area contributed by atoms with Gasteiger partial charge in [-0.15, -0.1) is 0 Å². The molecule has 0 spiro atoms. The van der Waals surface area contributed by atoms with Gasteiger partial charge in [0, 0.05) is 16.8 Å². The van der Waals surface area contributed by atoms with Crippen molar-refractivity contribution in [2.45, 2.75) is 6.92 Å². The van der Waals surface area contributed by atoms with E-state index in [2.05, 4.69) is 21.2 Å². The Balaban J connectivity index is 3.16. The molecule has 0 radical (unpaired) electrons. The maximum Gasteiger partial charge on any atom is 0.248 e. The molecule has 16 heavy (non-hydrogen) atoms. The minimum absolute atomic E-state index is 0.0213. The lowest BCUT2D eigenvalue weighted by molar-refractivity contribution is -0.113. The number of hydrogen-bond acceptors (Lipinski definition) is 2. The minimum Gasteiger partial charge on any atom is -0.366 e. The fourth-order valence-corrected chi connectivity index (χ4v) is 1.27. The highest BCUT2D eigenvalue weighted by atomic mass is 79.9. The van der Waals surface area contributed by atoms with Crippen LogP contribution in [-0.4, -0.2) is 17.1 Å². The molecule has 0 unspecified atom stereocenters. The molecule has 0 aliphatic heterocycles. The Labute approximate surface area is 100 Å². The van der Waals surface area contributed by atoms with Crippen molar-refractivity contribution < 1.29 is 14.0 Å². The van der Waals surface area contributed by atoms with E-state index in [1.165, 1.54) is 13.0 Å². The van der Waals surface area contributed by atoms with E-state index in [1.54, 1.807) is 0 Å². The zero-order valence-electron chi connectivity index (χ0n) is 8.51. The number of benzene rings is 1. The van der Waals surface area contributed by atoms with E-state index >= 15 is 0 Å². The smallest absolute Gasteiger partial charge is 0.248 e. The number of hydrogen-bond donors (Lipinski definition) is 2. The van der Waals surface area contributed by atoms with E-state index in [-0.39, 0.29) is 28.1 Å². The summed E-state index contributed by atoms with van der Waals surface area (Å²) in [5, 5.41) is 2.55. The topological polar surface area (TPSA) is 72.2 Å². The molecule has 0 heterocycles. The normalized spacial score (nSPS) is 9.94.